The zero-order chi connectivity index (χ0) is 15.0. The summed E-state index contributed by atoms with van der Waals surface area (Å²) in [6.45, 7) is 1.87. The van der Waals surface area contributed by atoms with Gasteiger partial charge in [-0.25, -0.2) is 9.97 Å². The van der Waals surface area contributed by atoms with Crippen molar-refractivity contribution in [1.82, 2.24) is 9.97 Å². The molecule has 1 saturated carbocycles. The summed E-state index contributed by atoms with van der Waals surface area (Å²) in [5.74, 6) is -1.21. The van der Waals surface area contributed by atoms with Crippen molar-refractivity contribution in [3.05, 3.63) is 40.8 Å². The van der Waals surface area contributed by atoms with Gasteiger partial charge < -0.3 is 0 Å². The molecule has 0 spiro atoms. The molecule has 0 N–H and O–H groups in total. The van der Waals surface area contributed by atoms with Crippen LogP contribution in [0.4, 0.5) is 8.78 Å². The van der Waals surface area contributed by atoms with Crippen molar-refractivity contribution in [2.45, 2.75) is 36.3 Å². The number of benzene rings is 1. The highest BCUT2D eigenvalue weighted by atomic mass is 35.5. The molecule has 6 heteroatoms. The highest BCUT2D eigenvalue weighted by Gasteiger charge is 2.28. The van der Waals surface area contributed by atoms with Crippen molar-refractivity contribution in [2.24, 2.45) is 0 Å². The molecule has 110 valence electrons. The van der Waals surface area contributed by atoms with Crippen LogP contribution in [-0.2, 0) is 0 Å². The topological polar surface area (TPSA) is 25.8 Å². The molecule has 0 unspecified atom stereocenters. The molecule has 1 aliphatic rings. The van der Waals surface area contributed by atoms with Crippen LogP contribution in [0.2, 0.25) is 5.15 Å². The number of hydrogen-bond donors (Lipinski definition) is 0. The van der Waals surface area contributed by atoms with E-state index in [2.05, 4.69) is 9.97 Å². The van der Waals surface area contributed by atoms with Gasteiger partial charge in [-0.3, -0.25) is 0 Å². The Labute approximate surface area is 131 Å². The number of rotatable bonds is 4. The first-order valence-corrected chi connectivity index (χ1v) is 7.89. The number of halogens is 3. The summed E-state index contributed by atoms with van der Waals surface area (Å²) in [6, 6.07) is 6.96. The minimum Gasteiger partial charge on any atom is -0.232 e. The monoisotopic (exact) mass is 326 g/mol. The normalized spacial score (nSPS) is 14.7. The molecule has 0 amide bonds. The second kappa shape index (κ2) is 5.89. The van der Waals surface area contributed by atoms with Gasteiger partial charge in [-0.2, -0.15) is 8.78 Å². The van der Waals surface area contributed by atoms with Gasteiger partial charge in [0.25, 0.3) is 5.76 Å². The molecule has 1 aromatic carbocycles. The molecule has 21 heavy (non-hydrogen) atoms. The first kappa shape index (κ1) is 14.7. The van der Waals surface area contributed by atoms with E-state index in [0.29, 0.717) is 27.7 Å². The van der Waals surface area contributed by atoms with E-state index in [1.54, 1.807) is 24.3 Å². The zero-order valence-corrected chi connectivity index (χ0v) is 12.9. The van der Waals surface area contributed by atoms with E-state index < -0.39 is 5.76 Å². The Morgan fingerprint density at radius 3 is 2.43 bits per heavy atom. The number of nitrogens with zero attached hydrogens (tertiary/aromatic N) is 2. The van der Waals surface area contributed by atoms with Crippen LogP contribution in [0, 0.1) is 6.92 Å². The third kappa shape index (κ3) is 3.35. The van der Waals surface area contributed by atoms with Crippen LogP contribution in [0.1, 0.15) is 30.1 Å². The molecular weight excluding hydrogens is 314 g/mol. The molecular formula is C15H13ClF2N2S. The third-order valence-corrected chi connectivity index (χ3v) is 4.49. The molecule has 0 aliphatic heterocycles. The average Bonchev–Trinajstić information content (AvgIpc) is 3.26. The van der Waals surface area contributed by atoms with Crippen LogP contribution < -0.4 is 0 Å². The maximum absolute atomic E-state index is 12.3. The van der Waals surface area contributed by atoms with Crippen LogP contribution in [0.3, 0.4) is 0 Å². The first-order valence-electron chi connectivity index (χ1n) is 6.64. The van der Waals surface area contributed by atoms with E-state index >= 15 is 0 Å². The molecule has 2 nitrogen and oxygen atoms in total. The maximum Gasteiger partial charge on any atom is 0.288 e. The lowest BCUT2D eigenvalue weighted by Crippen LogP contribution is -1.99. The largest absolute Gasteiger partial charge is 0.288 e. The fourth-order valence-electron chi connectivity index (χ4n) is 2.10. The Bertz CT molecular complexity index is 657. The second-order valence-corrected chi connectivity index (χ2v) is 6.44. The molecule has 0 radical (unpaired) electrons. The van der Waals surface area contributed by atoms with Gasteiger partial charge in [-0.1, -0.05) is 35.5 Å². The van der Waals surface area contributed by atoms with Gasteiger partial charge in [0, 0.05) is 21.9 Å². The molecule has 1 heterocycles. The van der Waals surface area contributed by atoms with Gasteiger partial charge in [-0.05, 0) is 31.9 Å². The van der Waals surface area contributed by atoms with E-state index in [4.69, 9.17) is 11.6 Å². The lowest BCUT2D eigenvalue weighted by atomic mass is 10.1. The molecule has 1 aliphatic carbocycles. The average molecular weight is 327 g/mol. The van der Waals surface area contributed by atoms with Crippen LogP contribution in [0.5, 0.6) is 0 Å². The smallest absolute Gasteiger partial charge is 0.232 e. The van der Waals surface area contributed by atoms with Crippen molar-refractivity contribution in [1.29, 1.82) is 0 Å². The van der Waals surface area contributed by atoms with E-state index in [0.717, 1.165) is 35.5 Å². The Balaban J connectivity index is 1.95. The van der Waals surface area contributed by atoms with Gasteiger partial charge in [-0.15, -0.1) is 0 Å². The molecule has 1 fully saturated rings. The SMILES string of the molecule is Cc1c(Cl)nc(C2CC2)nc1-c1ccc(SC(F)F)cc1. The molecule has 1 aromatic heterocycles. The first-order chi connectivity index (χ1) is 10.0. The van der Waals surface area contributed by atoms with E-state index in [9.17, 15) is 8.78 Å². The van der Waals surface area contributed by atoms with Crippen LogP contribution in [0.25, 0.3) is 11.3 Å². The molecule has 0 saturated heterocycles. The van der Waals surface area contributed by atoms with Crippen molar-refractivity contribution < 1.29 is 8.78 Å². The third-order valence-electron chi connectivity index (χ3n) is 3.40. The van der Waals surface area contributed by atoms with Crippen LogP contribution in [-0.4, -0.2) is 15.7 Å². The standard InChI is InChI=1S/C15H13ClF2N2S/c1-8-12(19-14(10-2-3-10)20-13(8)16)9-4-6-11(7-5-9)21-15(17)18/h4-7,10,15H,2-3H2,1H3. The maximum atomic E-state index is 12.3. The molecule has 2 aromatic rings. The molecule has 0 bridgehead atoms. The Morgan fingerprint density at radius 1 is 1.19 bits per heavy atom. The summed E-state index contributed by atoms with van der Waals surface area (Å²) in [5.41, 5.74) is 2.47. The van der Waals surface area contributed by atoms with Crippen molar-refractivity contribution >= 4 is 23.4 Å². The fraction of sp³-hybridized carbons (Fsp3) is 0.333. The van der Waals surface area contributed by atoms with E-state index in [-0.39, 0.29) is 0 Å². The summed E-state index contributed by atoms with van der Waals surface area (Å²) in [4.78, 5) is 9.47. The van der Waals surface area contributed by atoms with Gasteiger partial charge in [0.1, 0.15) is 11.0 Å². The lowest BCUT2D eigenvalue weighted by Gasteiger charge is -2.10. The predicted molar refractivity (Wildman–Crippen MR) is 81.1 cm³/mol. The van der Waals surface area contributed by atoms with Gasteiger partial charge in [0.05, 0.1) is 5.69 Å². The second-order valence-electron chi connectivity index (χ2n) is 5.02. The van der Waals surface area contributed by atoms with E-state index in [1.807, 2.05) is 6.92 Å². The van der Waals surface area contributed by atoms with Crippen LogP contribution in [0.15, 0.2) is 29.2 Å². The van der Waals surface area contributed by atoms with Gasteiger partial charge in [0.2, 0.25) is 0 Å². The Hall–Kier alpha value is -1.20. The highest BCUT2D eigenvalue weighted by Crippen LogP contribution is 2.40. The van der Waals surface area contributed by atoms with Crippen molar-refractivity contribution in [3.8, 4) is 11.3 Å². The quantitative estimate of drug-likeness (QED) is 0.563. The Kier molecular flexibility index (Phi) is 4.13. The number of hydrogen-bond acceptors (Lipinski definition) is 3. The molecule has 0 atom stereocenters. The minimum atomic E-state index is -2.41. The van der Waals surface area contributed by atoms with Gasteiger partial charge in [0.15, 0.2) is 0 Å². The predicted octanol–water partition coefficient (Wildman–Crippen LogP) is 5.30. The summed E-state index contributed by atoms with van der Waals surface area (Å²) in [5, 5.41) is 0.466. The summed E-state index contributed by atoms with van der Waals surface area (Å²) >= 11 is 6.72. The van der Waals surface area contributed by atoms with Gasteiger partial charge >= 0.3 is 0 Å². The zero-order valence-electron chi connectivity index (χ0n) is 11.3. The summed E-state index contributed by atoms with van der Waals surface area (Å²) < 4.78 is 24.7. The summed E-state index contributed by atoms with van der Waals surface area (Å²) in [7, 11) is 0. The van der Waals surface area contributed by atoms with Crippen molar-refractivity contribution in [3.63, 3.8) is 0 Å². The minimum absolute atomic E-state index is 0.413. The lowest BCUT2D eigenvalue weighted by molar-refractivity contribution is 0.252. The number of thioether (sulfide) groups is 1. The fourth-order valence-corrected chi connectivity index (χ4v) is 2.78. The molecule has 3 rings (SSSR count). The van der Waals surface area contributed by atoms with Crippen LogP contribution >= 0.6 is 23.4 Å². The number of alkyl halides is 2. The van der Waals surface area contributed by atoms with Crippen molar-refractivity contribution in [2.75, 3.05) is 0 Å². The Morgan fingerprint density at radius 2 is 1.86 bits per heavy atom. The van der Waals surface area contributed by atoms with E-state index in [1.165, 1.54) is 0 Å². The highest BCUT2D eigenvalue weighted by molar-refractivity contribution is 7.99. The summed E-state index contributed by atoms with van der Waals surface area (Å²) in [6.07, 6.45) is 2.20. The number of aromatic nitrogens is 2.